The monoisotopic (exact) mass is 272 g/mol. The van der Waals surface area contributed by atoms with Gasteiger partial charge in [-0.15, -0.1) is 0 Å². The number of rotatable bonds is 0. The molecule has 6 heavy (non-hydrogen) atoms. The smallest absolute Gasteiger partial charge is 0 e. The van der Waals surface area contributed by atoms with Crippen molar-refractivity contribution in [3.63, 3.8) is 0 Å². The second-order valence-electron chi connectivity index (χ2n) is 0. The van der Waals surface area contributed by atoms with Crippen LogP contribution in [0.25, 0.3) is 0 Å². The summed E-state index contributed by atoms with van der Waals surface area (Å²) in [5.41, 5.74) is 0. The van der Waals surface area contributed by atoms with Gasteiger partial charge in [-0.2, -0.15) is 0 Å². The summed E-state index contributed by atoms with van der Waals surface area (Å²) in [6.45, 7) is 0. The van der Waals surface area contributed by atoms with E-state index in [4.69, 9.17) is 0 Å². The van der Waals surface area contributed by atoms with Crippen molar-refractivity contribution in [1.82, 2.24) is 0 Å². The Bertz CT molecular complexity index is 15.5. The molecule has 0 saturated carbocycles. The van der Waals surface area contributed by atoms with Crippen LogP contribution in [0.15, 0.2) is 0 Å². The largest absolute Gasteiger partial charge is 0.0776 e. The zero-order chi connectivity index (χ0) is 0. The Hall–Kier alpha value is 2.28. The Kier molecular flexibility index (Phi) is 776. The fourth-order valence-electron chi connectivity index (χ4n) is 0. The SMILES string of the molecule is C.[Cr].[Cu].[Mn].[Ni].[Si]. The Labute approximate surface area is 85.6 Å². The summed E-state index contributed by atoms with van der Waals surface area (Å²) in [5, 5.41) is 0. The molecule has 0 unspecified atom stereocenters. The Morgan fingerprint density at radius 3 is 1.00 bits per heavy atom. The molecule has 0 aromatic carbocycles. The molecule has 0 amide bonds. The maximum Gasteiger partial charge on any atom is 0 e. The fraction of sp³-hybridized carbons (Fsp3) is 1.00. The molecule has 0 aromatic rings. The molecule has 0 bridgehead atoms. The molecule has 0 fully saturated rings. The summed E-state index contributed by atoms with van der Waals surface area (Å²) < 4.78 is 0. The van der Waals surface area contributed by atoms with Crippen molar-refractivity contribution < 1.29 is 68.0 Å². The van der Waals surface area contributed by atoms with Gasteiger partial charge in [0, 0.05) is 79.0 Å². The summed E-state index contributed by atoms with van der Waals surface area (Å²) in [5.74, 6) is 0. The molecule has 0 rings (SSSR count). The molecule has 0 aliphatic carbocycles. The van der Waals surface area contributed by atoms with Crippen molar-refractivity contribution in [2.45, 2.75) is 7.43 Å². The van der Waals surface area contributed by atoms with Crippen molar-refractivity contribution >= 4 is 11.0 Å². The zero-order valence-electron chi connectivity index (χ0n) is 1.90. The topological polar surface area (TPSA) is 0 Å². The van der Waals surface area contributed by atoms with Crippen LogP contribution in [-0.4, -0.2) is 11.0 Å². The third-order valence-electron chi connectivity index (χ3n) is 0. The molecule has 0 saturated heterocycles. The van der Waals surface area contributed by atoms with Gasteiger partial charge in [0.05, 0.1) is 0 Å². The number of hydrogen-bond donors (Lipinski definition) is 0. The van der Waals surface area contributed by atoms with Gasteiger partial charge in [0.25, 0.3) is 0 Å². The maximum absolute atomic E-state index is 0. The van der Waals surface area contributed by atoms with Crippen molar-refractivity contribution in [3.05, 3.63) is 0 Å². The summed E-state index contributed by atoms with van der Waals surface area (Å²) in [6, 6.07) is 0. The molecule has 46 valence electrons. The normalized spacial score (nSPS) is 0. The van der Waals surface area contributed by atoms with Crippen LogP contribution in [0, 0.1) is 0 Å². The second-order valence-corrected chi connectivity index (χ2v) is 0. The van der Waals surface area contributed by atoms with Gasteiger partial charge >= 0.3 is 0 Å². The molecular formula is CH4CrCuMnNiSi. The van der Waals surface area contributed by atoms with Gasteiger partial charge in [-0.3, -0.25) is 0 Å². The van der Waals surface area contributed by atoms with E-state index in [1.807, 2.05) is 0 Å². The van der Waals surface area contributed by atoms with Crippen molar-refractivity contribution in [2.75, 3.05) is 0 Å². The average Bonchev–Trinajstić information content (AvgIpc) is 0. The third kappa shape index (κ3) is 33.7. The van der Waals surface area contributed by atoms with Gasteiger partial charge in [0.2, 0.25) is 0 Å². The summed E-state index contributed by atoms with van der Waals surface area (Å²) in [6.07, 6.45) is 0. The quantitative estimate of drug-likeness (QED) is 0.555. The van der Waals surface area contributed by atoms with Gasteiger partial charge in [-0.05, 0) is 0 Å². The van der Waals surface area contributed by atoms with E-state index in [1.165, 1.54) is 0 Å². The van der Waals surface area contributed by atoms with E-state index in [-0.39, 0.29) is 86.4 Å². The molecule has 0 aliphatic rings. The Morgan fingerprint density at radius 1 is 1.00 bits per heavy atom. The first-order valence-corrected chi connectivity index (χ1v) is 0. The van der Waals surface area contributed by atoms with E-state index >= 15 is 0 Å². The van der Waals surface area contributed by atoms with E-state index in [2.05, 4.69) is 0 Å². The standard InChI is InChI=1S/CH4.Cr.Cu.Mn.Ni.Si/h1H4;;;;;. The maximum atomic E-state index is 0. The number of hydrogen-bond acceptors (Lipinski definition) is 0. The third-order valence-corrected chi connectivity index (χ3v) is 0. The van der Waals surface area contributed by atoms with Crippen LogP contribution in [0.4, 0.5) is 0 Å². The van der Waals surface area contributed by atoms with E-state index in [0.29, 0.717) is 0 Å². The minimum atomic E-state index is 0. The van der Waals surface area contributed by atoms with E-state index < -0.39 is 0 Å². The van der Waals surface area contributed by atoms with Gasteiger partial charge in [-0.25, -0.2) is 0 Å². The van der Waals surface area contributed by atoms with Gasteiger partial charge in [-0.1, -0.05) is 7.43 Å². The Morgan fingerprint density at radius 2 is 1.00 bits per heavy atom. The first-order valence-electron chi connectivity index (χ1n) is 0. The van der Waals surface area contributed by atoms with Crippen LogP contribution >= 0.6 is 0 Å². The van der Waals surface area contributed by atoms with Crippen LogP contribution in [0.3, 0.4) is 0 Å². The molecular weight excluding hydrogens is 269 g/mol. The van der Waals surface area contributed by atoms with E-state index in [0.717, 1.165) is 0 Å². The summed E-state index contributed by atoms with van der Waals surface area (Å²) >= 11 is 0. The van der Waals surface area contributed by atoms with Gasteiger partial charge in [0.1, 0.15) is 0 Å². The van der Waals surface area contributed by atoms with Crippen molar-refractivity contribution in [1.29, 1.82) is 0 Å². The molecule has 6 radical (unpaired) electrons. The van der Waals surface area contributed by atoms with Gasteiger partial charge < -0.3 is 0 Å². The predicted molar refractivity (Wildman–Crippen MR) is 12.5 cm³/mol. The second kappa shape index (κ2) is 55.2. The van der Waals surface area contributed by atoms with Crippen LogP contribution in [0.5, 0.6) is 0 Å². The fourth-order valence-corrected chi connectivity index (χ4v) is 0. The Balaban J connectivity index is 0. The average molecular weight is 273 g/mol. The van der Waals surface area contributed by atoms with Crippen LogP contribution < -0.4 is 0 Å². The molecule has 5 heteroatoms. The molecule has 0 heterocycles. The molecule has 0 spiro atoms. The van der Waals surface area contributed by atoms with Crippen LogP contribution in [0.1, 0.15) is 7.43 Å². The summed E-state index contributed by atoms with van der Waals surface area (Å²) in [4.78, 5) is 0. The molecule has 0 aromatic heterocycles. The van der Waals surface area contributed by atoms with Crippen molar-refractivity contribution in [3.8, 4) is 0 Å². The van der Waals surface area contributed by atoms with Gasteiger partial charge in [0.15, 0.2) is 0 Å². The van der Waals surface area contributed by atoms with Crippen molar-refractivity contribution in [2.24, 2.45) is 0 Å². The minimum Gasteiger partial charge on any atom is -0.0776 e. The molecule has 0 N–H and O–H groups in total. The predicted octanol–water partition coefficient (Wildman–Crippen LogP) is 0.245. The first-order chi connectivity index (χ1) is 0. The molecule has 0 nitrogen and oxygen atoms in total. The van der Waals surface area contributed by atoms with E-state index in [1.54, 1.807) is 0 Å². The summed E-state index contributed by atoms with van der Waals surface area (Å²) in [7, 11) is 0. The van der Waals surface area contributed by atoms with Crippen LogP contribution in [0.2, 0.25) is 0 Å². The minimum absolute atomic E-state index is 0. The van der Waals surface area contributed by atoms with E-state index in [9.17, 15) is 0 Å². The van der Waals surface area contributed by atoms with Crippen LogP contribution in [-0.2, 0) is 68.0 Å². The molecule has 0 aliphatic heterocycles. The first kappa shape index (κ1) is 84.3. The zero-order valence-corrected chi connectivity index (χ0v) is 7.29. The molecule has 0 atom stereocenters.